The molecule has 0 aliphatic carbocycles. The van der Waals surface area contributed by atoms with Crippen LogP contribution in [-0.2, 0) is 0 Å². The van der Waals surface area contributed by atoms with Gasteiger partial charge in [0.25, 0.3) is 0 Å². The topological polar surface area (TPSA) is 17.8 Å². The number of hydrogen-bond donors (Lipinski definition) is 0. The largest absolute Gasteiger partial charge is 0.240 e. The van der Waals surface area contributed by atoms with Gasteiger partial charge in [-0.25, -0.2) is 4.68 Å². The lowest BCUT2D eigenvalue weighted by Gasteiger charge is -2.05. The number of aryl methyl sites for hydroxylation is 1. The molecule has 0 unspecified atom stereocenters. The zero-order valence-electron chi connectivity index (χ0n) is 10.8. The Hall–Kier alpha value is -1.58. The summed E-state index contributed by atoms with van der Waals surface area (Å²) in [7, 11) is 0. The molecular formula is C16H12BrClN2. The number of aromatic nitrogens is 2. The van der Waals surface area contributed by atoms with E-state index in [2.05, 4.69) is 40.1 Å². The summed E-state index contributed by atoms with van der Waals surface area (Å²) in [5, 5.41) is 5.18. The molecule has 1 aromatic heterocycles. The molecule has 0 saturated carbocycles. The van der Waals surface area contributed by atoms with E-state index in [1.54, 1.807) is 0 Å². The Balaban J connectivity index is 1.99. The Kier molecular flexibility index (Phi) is 3.64. The minimum atomic E-state index is 0.741. The standard InChI is InChI=1S/C16H12BrClN2/c1-11-8-14(17)4-7-16(11)20-10-13(9-19-20)12-2-5-15(18)6-3-12/h2-10H,1H3. The molecule has 0 saturated heterocycles. The van der Waals surface area contributed by atoms with Crippen molar-refractivity contribution in [1.82, 2.24) is 9.78 Å². The number of benzene rings is 2. The molecule has 20 heavy (non-hydrogen) atoms. The highest BCUT2D eigenvalue weighted by Gasteiger charge is 2.06. The van der Waals surface area contributed by atoms with Crippen LogP contribution in [0.2, 0.25) is 5.02 Å². The maximum Gasteiger partial charge on any atom is 0.0675 e. The maximum atomic E-state index is 5.91. The van der Waals surface area contributed by atoms with Crippen LogP contribution in [-0.4, -0.2) is 9.78 Å². The SMILES string of the molecule is Cc1cc(Br)ccc1-n1cc(-c2ccc(Cl)cc2)cn1. The van der Waals surface area contributed by atoms with E-state index >= 15 is 0 Å². The van der Waals surface area contributed by atoms with E-state index in [0.717, 1.165) is 26.3 Å². The lowest BCUT2D eigenvalue weighted by atomic mass is 10.1. The van der Waals surface area contributed by atoms with Gasteiger partial charge in [0.05, 0.1) is 11.9 Å². The average Bonchev–Trinajstić information content (AvgIpc) is 2.89. The summed E-state index contributed by atoms with van der Waals surface area (Å²) in [6.07, 6.45) is 3.89. The molecule has 3 rings (SSSR count). The Morgan fingerprint density at radius 3 is 2.50 bits per heavy atom. The van der Waals surface area contributed by atoms with Crippen LogP contribution in [0, 0.1) is 6.92 Å². The molecule has 0 fully saturated rings. The van der Waals surface area contributed by atoms with Gasteiger partial charge in [-0.2, -0.15) is 5.10 Å². The lowest BCUT2D eigenvalue weighted by Crippen LogP contribution is -1.96. The quantitative estimate of drug-likeness (QED) is 0.618. The van der Waals surface area contributed by atoms with Crippen molar-refractivity contribution in [1.29, 1.82) is 0 Å². The first-order chi connectivity index (χ1) is 9.63. The van der Waals surface area contributed by atoms with Crippen molar-refractivity contribution >= 4 is 27.5 Å². The van der Waals surface area contributed by atoms with Gasteiger partial charge in [-0.1, -0.05) is 39.7 Å². The van der Waals surface area contributed by atoms with Gasteiger partial charge in [0, 0.05) is 21.3 Å². The van der Waals surface area contributed by atoms with E-state index in [9.17, 15) is 0 Å². The maximum absolute atomic E-state index is 5.91. The van der Waals surface area contributed by atoms with Crippen LogP contribution in [0.4, 0.5) is 0 Å². The highest BCUT2D eigenvalue weighted by molar-refractivity contribution is 9.10. The monoisotopic (exact) mass is 346 g/mol. The Bertz CT molecular complexity index is 747. The second-order valence-electron chi connectivity index (χ2n) is 4.61. The molecule has 3 aromatic rings. The van der Waals surface area contributed by atoms with E-state index < -0.39 is 0 Å². The van der Waals surface area contributed by atoms with E-state index in [1.807, 2.05) is 47.4 Å². The molecule has 0 amide bonds. The van der Waals surface area contributed by atoms with Gasteiger partial charge < -0.3 is 0 Å². The second kappa shape index (κ2) is 5.43. The molecule has 2 nitrogen and oxygen atoms in total. The average molecular weight is 348 g/mol. The van der Waals surface area contributed by atoms with Crippen molar-refractivity contribution in [3.63, 3.8) is 0 Å². The van der Waals surface area contributed by atoms with Crippen LogP contribution in [0.15, 0.2) is 59.3 Å². The normalized spacial score (nSPS) is 10.8. The smallest absolute Gasteiger partial charge is 0.0675 e. The van der Waals surface area contributed by atoms with E-state index in [4.69, 9.17) is 11.6 Å². The van der Waals surface area contributed by atoms with Crippen LogP contribution >= 0.6 is 27.5 Å². The molecule has 4 heteroatoms. The molecule has 0 radical (unpaired) electrons. The van der Waals surface area contributed by atoms with Crippen molar-refractivity contribution in [3.05, 3.63) is 69.9 Å². The van der Waals surface area contributed by atoms with Gasteiger partial charge in [-0.3, -0.25) is 0 Å². The van der Waals surface area contributed by atoms with Crippen LogP contribution in [0.1, 0.15) is 5.56 Å². The number of nitrogens with zero attached hydrogens (tertiary/aromatic N) is 2. The summed E-state index contributed by atoms with van der Waals surface area (Å²) >= 11 is 9.39. The van der Waals surface area contributed by atoms with Gasteiger partial charge in [0.2, 0.25) is 0 Å². The molecule has 0 atom stereocenters. The molecule has 1 heterocycles. The fourth-order valence-corrected chi connectivity index (χ4v) is 2.72. The van der Waals surface area contributed by atoms with Crippen molar-refractivity contribution in [2.75, 3.05) is 0 Å². The molecule has 0 bridgehead atoms. The summed E-state index contributed by atoms with van der Waals surface area (Å²) in [4.78, 5) is 0. The van der Waals surface area contributed by atoms with Crippen LogP contribution in [0.5, 0.6) is 0 Å². The fourth-order valence-electron chi connectivity index (χ4n) is 2.12. The van der Waals surface area contributed by atoms with Crippen LogP contribution < -0.4 is 0 Å². The number of hydrogen-bond acceptors (Lipinski definition) is 1. The minimum absolute atomic E-state index is 0.741. The summed E-state index contributed by atoms with van der Waals surface area (Å²) in [5.41, 5.74) is 4.43. The first-order valence-electron chi connectivity index (χ1n) is 6.20. The molecular weight excluding hydrogens is 336 g/mol. The van der Waals surface area contributed by atoms with Crippen molar-refractivity contribution in [2.24, 2.45) is 0 Å². The third-order valence-electron chi connectivity index (χ3n) is 3.17. The number of halogens is 2. The zero-order valence-corrected chi connectivity index (χ0v) is 13.2. The van der Waals surface area contributed by atoms with Crippen molar-refractivity contribution in [3.8, 4) is 16.8 Å². The summed E-state index contributed by atoms with van der Waals surface area (Å²) in [6.45, 7) is 2.07. The lowest BCUT2D eigenvalue weighted by molar-refractivity contribution is 0.872. The van der Waals surface area contributed by atoms with E-state index in [1.165, 1.54) is 5.56 Å². The second-order valence-corrected chi connectivity index (χ2v) is 5.96. The third kappa shape index (κ3) is 2.65. The van der Waals surface area contributed by atoms with Crippen molar-refractivity contribution in [2.45, 2.75) is 6.92 Å². The van der Waals surface area contributed by atoms with E-state index in [-0.39, 0.29) is 0 Å². The molecule has 100 valence electrons. The third-order valence-corrected chi connectivity index (χ3v) is 3.91. The van der Waals surface area contributed by atoms with Crippen LogP contribution in [0.3, 0.4) is 0 Å². The molecule has 2 aromatic carbocycles. The summed E-state index contributed by atoms with van der Waals surface area (Å²) in [6, 6.07) is 13.9. The number of rotatable bonds is 2. The summed E-state index contributed by atoms with van der Waals surface area (Å²) < 4.78 is 2.97. The Morgan fingerprint density at radius 2 is 1.80 bits per heavy atom. The first kappa shape index (κ1) is 13.4. The Labute approximate surface area is 131 Å². The predicted molar refractivity (Wildman–Crippen MR) is 86.4 cm³/mol. The molecule has 0 N–H and O–H groups in total. The van der Waals surface area contributed by atoms with E-state index in [0.29, 0.717) is 0 Å². The van der Waals surface area contributed by atoms with Gasteiger partial charge in [0.15, 0.2) is 0 Å². The highest BCUT2D eigenvalue weighted by atomic mass is 79.9. The molecule has 0 spiro atoms. The Morgan fingerprint density at radius 1 is 1.05 bits per heavy atom. The minimum Gasteiger partial charge on any atom is -0.240 e. The van der Waals surface area contributed by atoms with Crippen molar-refractivity contribution < 1.29 is 0 Å². The zero-order chi connectivity index (χ0) is 14.1. The van der Waals surface area contributed by atoms with Gasteiger partial charge in [-0.05, 0) is 48.4 Å². The first-order valence-corrected chi connectivity index (χ1v) is 7.38. The molecule has 0 aliphatic rings. The van der Waals surface area contributed by atoms with Gasteiger partial charge in [-0.15, -0.1) is 0 Å². The molecule has 0 aliphatic heterocycles. The predicted octanol–water partition coefficient (Wildman–Crippen LogP) is 5.26. The van der Waals surface area contributed by atoms with Crippen LogP contribution in [0.25, 0.3) is 16.8 Å². The van der Waals surface area contributed by atoms with Gasteiger partial charge in [0.1, 0.15) is 0 Å². The summed E-state index contributed by atoms with van der Waals surface area (Å²) in [5.74, 6) is 0. The fraction of sp³-hybridized carbons (Fsp3) is 0.0625. The highest BCUT2D eigenvalue weighted by Crippen LogP contribution is 2.24. The van der Waals surface area contributed by atoms with Gasteiger partial charge >= 0.3 is 0 Å².